The van der Waals surface area contributed by atoms with Crippen molar-refractivity contribution in [2.24, 2.45) is 7.05 Å². The van der Waals surface area contributed by atoms with E-state index in [0.29, 0.717) is 17.9 Å². The average molecular weight is 308 g/mol. The predicted octanol–water partition coefficient (Wildman–Crippen LogP) is 2.18. The number of benzene rings is 1. The number of hydrogen-bond donors (Lipinski definition) is 1. The number of aliphatic hydroxyl groups is 1. The Morgan fingerprint density at radius 3 is 2.87 bits per heavy atom. The molecule has 0 spiro atoms. The molecule has 2 aromatic heterocycles. The van der Waals surface area contributed by atoms with Crippen LogP contribution in [0.4, 0.5) is 5.69 Å². The van der Waals surface area contributed by atoms with Gasteiger partial charge >= 0.3 is 0 Å². The van der Waals surface area contributed by atoms with E-state index in [2.05, 4.69) is 9.97 Å². The zero-order chi connectivity index (χ0) is 16.1. The lowest BCUT2D eigenvalue weighted by atomic mass is 10.2. The number of hydrogen-bond acceptors (Lipinski definition) is 4. The van der Waals surface area contributed by atoms with Gasteiger partial charge in [-0.25, -0.2) is 4.98 Å². The van der Waals surface area contributed by atoms with Crippen LogP contribution >= 0.6 is 0 Å². The second kappa shape index (κ2) is 4.89. The van der Waals surface area contributed by atoms with E-state index in [4.69, 9.17) is 0 Å². The smallest absolute Gasteiger partial charge is 0.260 e. The molecule has 6 nitrogen and oxygen atoms in total. The lowest BCUT2D eigenvalue weighted by Crippen LogP contribution is -2.22. The molecule has 4 rings (SSSR count). The van der Waals surface area contributed by atoms with E-state index >= 15 is 0 Å². The van der Waals surface area contributed by atoms with Gasteiger partial charge in [0.25, 0.3) is 5.91 Å². The Morgan fingerprint density at radius 2 is 2.13 bits per heavy atom. The minimum Gasteiger partial charge on any atom is -0.385 e. The Hall–Kier alpha value is -2.73. The van der Waals surface area contributed by atoms with Gasteiger partial charge in [-0.15, -0.1) is 0 Å². The number of nitrogens with zero attached hydrogens (tertiary/aromatic N) is 4. The summed E-state index contributed by atoms with van der Waals surface area (Å²) in [5, 5.41) is 9.79. The van der Waals surface area contributed by atoms with Gasteiger partial charge in [0, 0.05) is 18.9 Å². The molecule has 0 saturated heterocycles. The number of rotatable bonds is 2. The summed E-state index contributed by atoms with van der Waals surface area (Å²) in [6, 6.07) is 9.28. The van der Waals surface area contributed by atoms with Gasteiger partial charge in [0.2, 0.25) is 0 Å². The molecule has 0 unspecified atom stereocenters. The van der Waals surface area contributed by atoms with Crippen LogP contribution in [0, 0.1) is 0 Å². The molecule has 0 bridgehead atoms. The van der Waals surface area contributed by atoms with Crippen molar-refractivity contribution >= 4 is 22.6 Å². The van der Waals surface area contributed by atoms with Crippen molar-refractivity contribution in [2.75, 3.05) is 4.90 Å². The first kappa shape index (κ1) is 13.9. The van der Waals surface area contributed by atoms with Gasteiger partial charge in [-0.2, -0.15) is 0 Å². The number of amides is 1. The van der Waals surface area contributed by atoms with Crippen molar-refractivity contribution in [3.05, 3.63) is 53.6 Å². The largest absolute Gasteiger partial charge is 0.385 e. The quantitative estimate of drug-likeness (QED) is 0.787. The van der Waals surface area contributed by atoms with Crippen molar-refractivity contribution in [2.45, 2.75) is 19.6 Å². The molecular weight excluding hydrogens is 292 g/mol. The van der Waals surface area contributed by atoms with Crippen LogP contribution in [0.2, 0.25) is 0 Å². The highest BCUT2D eigenvalue weighted by Gasteiger charge is 2.29. The zero-order valence-corrected chi connectivity index (χ0v) is 12.9. The number of pyridine rings is 1. The standard InChI is InChI=1S/C17H16N4O2/c1-10(22)16-19-13-8-11(5-6-15(13)20(16)2)21-9-14-12(17(21)23)4-3-7-18-14/h3-8,10,22H,9H2,1-2H3/t10-/m1/s1. The normalized spacial score (nSPS) is 15.3. The molecule has 1 atom stereocenters. The van der Waals surface area contributed by atoms with Gasteiger partial charge in [0.05, 0.1) is 28.8 Å². The molecule has 23 heavy (non-hydrogen) atoms. The summed E-state index contributed by atoms with van der Waals surface area (Å²) >= 11 is 0. The number of fused-ring (bicyclic) bond motifs is 2. The van der Waals surface area contributed by atoms with Crippen LogP contribution in [-0.4, -0.2) is 25.5 Å². The van der Waals surface area contributed by atoms with E-state index in [9.17, 15) is 9.90 Å². The molecule has 1 aliphatic rings. The van der Waals surface area contributed by atoms with E-state index in [0.717, 1.165) is 22.4 Å². The number of carbonyl (C=O) groups excluding carboxylic acids is 1. The van der Waals surface area contributed by atoms with Crippen molar-refractivity contribution in [3.63, 3.8) is 0 Å². The molecule has 3 aromatic rings. The highest BCUT2D eigenvalue weighted by atomic mass is 16.3. The molecule has 6 heteroatoms. The second-order valence-corrected chi connectivity index (χ2v) is 5.77. The third-order valence-electron chi connectivity index (χ3n) is 4.26. The van der Waals surface area contributed by atoms with Crippen LogP contribution in [0.25, 0.3) is 11.0 Å². The van der Waals surface area contributed by atoms with Gasteiger partial charge in [0.1, 0.15) is 11.9 Å². The summed E-state index contributed by atoms with van der Waals surface area (Å²) < 4.78 is 1.87. The van der Waals surface area contributed by atoms with Gasteiger partial charge in [0.15, 0.2) is 0 Å². The summed E-state index contributed by atoms with van der Waals surface area (Å²) in [5.41, 5.74) is 3.92. The van der Waals surface area contributed by atoms with Crippen molar-refractivity contribution in [1.29, 1.82) is 0 Å². The minimum absolute atomic E-state index is 0.0425. The van der Waals surface area contributed by atoms with Crippen LogP contribution in [0.1, 0.15) is 34.9 Å². The van der Waals surface area contributed by atoms with E-state index in [-0.39, 0.29) is 5.91 Å². The lowest BCUT2D eigenvalue weighted by Gasteiger charge is -2.15. The Kier molecular flexibility index (Phi) is 2.96. The molecule has 0 fully saturated rings. The van der Waals surface area contributed by atoms with E-state index in [1.807, 2.05) is 29.8 Å². The lowest BCUT2D eigenvalue weighted by molar-refractivity contribution is 0.0996. The first-order valence-electron chi connectivity index (χ1n) is 7.46. The number of aliphatic hydroxyl groups excluding tert-OH is 1. The highest BCUT2D eigenvalue weighted by Crippen LogP contribution is 2.30. The molecule has 1 amide bonds. The fourth-order valence-corrected chi connectivity index (χ4v) is 3.08. The average Bonchev–Trinajstić information content (AvgIpc) is 3.06. The molecule has 116 valence electrons. The third kappa shape index (κ3) is 2.03. The van der Waals surface area contributed by atoms with Gasteiger partial charge in [-0.3, -0.25) is 9.78 Å². The SMILES string of the molecule is C[C@@H](O)c1nc2cc(N3Cc4ncccc4C3=O)ccc2n1C. The Balaban J connectivity index is 1.78. The van der Waals surface area contributed by atoms with Crippen LogP contribution in [0.3, 0.4) is 0 Å². The van der Waals surface area contributed by atoms with Gasteiger partial charge in [-0.05, 0) is 37.3 Å². The summed E-state index contributed by atoms with van der Waals surface area (Å²) in [5.74, 6) is 0.564. The second-order valence-electron chi connectivity index (χ2n) is 5.77. The summed E-state index contributed by atoms with van der Waals surface area (Å²) in [6.45, 7) is 2.16. The van der Waals surface area contributed by atoms with Crippen LogP contribution in [0.5, 0.6) is 0 Å². The Bertz CT molecular complexity index is 929. The number of aromatic nitrogens is 3. The third-order valence-corrected chi connectivity index (χ3v) is 4.26. The van der Waals surface area contributed by atoms with E-state index in [1.54, 1.807) is 30.2 Å². The fourth-order valence-electron chi connectivity index (χ4n) is 3.08. The van der Waals surface area contributed by atoms with Gasteiger partial charge in [-0.1, -0.05) is 0 Å². The maximum atomic E-state index is 12.5. The molecule has 1 aliphatic heterocycles. The number of aryl methyl sites for hydroxylation is 1. The summed E-state index contributed by atoms with van der Waals surface area (Å²) in [4.78, 5) is 23.0. The predicted molar refractivity (Wildman–Crippen MR) is 86.1 cm³/mol. The van der Waals surface area contributed by atoms with Crippen LogP contribution in [-0.2, 0) is 13.6 Å². The molecular formula is C17H16N4O2. The topological polar surface area (TPSA) is 71.2 Å². The van der Waals surface area contributed by atoms with Gasteiger partial charge < -0.3 is 14.6 Å². The molecule has 0 radical (unpaired) electrons. The zero-order valence-electron chi connectivity index (χ0n) is 12.9. The maximum absolute atomic E-state index is 12.5. The molecule has 3 heterocycles. The minimum atomic E-state index is -0.641. The number of imidazole rings is 1. The van der Waals surface area contributed by atoms with E-state index < -0.39 is 6.10 Å². The maximum Gasteiger partial charge on any atom is 0.260 e. The Morgan fingerprint density at radius 1 is 1.30 bits per heavy atom. The monoisotopic (exact) mass is 308 g/mol. The van der Waals surface area contributed by atoms with Crippen LogP contribution in [0.15, 0.2) is 36.5 Å². The first-order valence-corrected chi connectivity index (χ1v) is 7.46. The molecule has 0 aliphatic carbocycles. The van der Waals surface area contributed by atoms with Crippen molar-refractivity contribution < 1.29 is 9.90 Å². The molecule has 1 N–H and O–H groups in total. The van der Waals surface area contributed by atoms with Crippen LogP contribution < -0.4 is 4.90 Å². The highest BCUT2D eigenvalue weighted by molar-refractivity contribution is 6.10. The van der Waals surface area contributed by atoms with E-state index in [1.165, 1.54) is 0 Å². The first-order chi connectivity index (χ1) is 11.1. The molecule has 0 saturated carbocycles. The van der Waals surface area contributed by atoms with Crippen molar-refractivity contribution in [1.82, 2.24) is 14.5 Å². The summed E-state index contributed by atoms with van der Waals surface area (Å²) in [7, 11) is 1.87. The Labute approximate surface area is 133 Å². The number of carbonyl (C=O) groups is 1. The number of anilines is 1. The summed E-state index contributed by atoms with van der Waals surface area (Å²) in [6.07, 6.45) is 1.06. The molecule has 1 aromatic carbocycles. The fraction of sp³-hybridized carbons (Fsp3) is 0.235. The van der Waals surface area contributed by atoms with Crippen molar-refractivity contribution in [3.8, 4) is 0 Å².